The third kappa shape index (κ3) is 3.56. The van der Waals surface area contributed by atoms with Crippen LogP contribution in [0.15, 0.2) is 30.3 Å². The quantitative estimate of drug-likeness (QED) is 0.853. The molecule has 2 fully saturated rings. The Kier molecular flexibility index (Phi) is 3.89. The molecule has 1 aromatic rings. The highest BCUT2D eigenvalue weighted by atomic mass is 32.2. The number of amides is 1. The van der Waals surface area contributed by atoms with E-state index in [1.807, 2.05) is 30.3 Å². The summed E-state index contributed by atoms with van der Waals surface area (Å²) in [5, 5.41) is 0. The summed E-state index contributed by atoms with van der Waals surface area (Å²) < 4.78 is 28.6. The number of carbonyl (C=O) groups excluding carboxylic acids is 1. The smallest absolute Gasteiger partial charge is 0.410 e. The Bertz CT molecular complexity index is 610. The fraction of sp³-hybridized carbons (Fsp3) is 0.533. The maximum Gasteiger partial charge on any atom is 0.410 e. The minimum atomic E-state index is -3.00. The van der Waals surface area contributed by atoms with Crippen molar-refractivity contribution in [1.82, 2.24) is 4.90 Å². The Morgan fingerprint density at radius 1 is 1.14 bits per heavy atom. The van der Waals surface area contributed by atoms with E-state index in [2.05, 4.69) is 0 Å². The zero-order valence-electron chi connectivity index (χ0n) is 11.8. The summed E-state index contributed by atoms with van der Waals surface area (Å²) in [6.45, 7) is 0.225. The topological polar surface area (TPSA) is 63.7 Å². The predicted molar refractivity (Wildman–Crippen MR) is 78.5 cm³/mol. The summed E-state index contributed by atoms with van der Waals surface area (Å²) >= 11 is 0. The molecule has 0 aromatic heterocycles. The summed E-state index contributed by atoms with van der Waals surface area (Å²) in [6, 6.07) is 9.43. The molecule has 0 radical (unpaired) electrons. The van der Waals surface area contributed by atoms with E-state index in [0.29, 0.717) is 6.42 Å². The molecule has 1 heterocycles. The number of hydrogen-bond acceptors (Lipinski definition) is 4. The van der Waals surface area contributed by atoms with Crippen molar-refractivity contribution in [3.63, 3.8) is 0 Å². The zero-order chi connectivity index (χ0) is 14.9. The molecule has 114 valence electrons. The van der Waals surface area contributed by atoms with Gasteiger partial charge in [-0.25, -0.2) is 13.2 Å². The van der Waals surface area contributed by atoms with Crippen molar-refractivity contribution in [2.45, 2.75) is 38.0 Å². The van der Waals surface area contributed by atoms with Crippen molar-refractivity contribution in [2.75, 3.05) is 11.5 Å². The van der Waals surface area contributed by atoms with Crippen LogP contribution in [-0.2, 0) is 21.2 Å². The first-order valence-corrected chi connectivity index (χ1v) is 9.07. The van der Waals surface area contributed by atoms with Crippen LogP contribution in [0.3, 0.4) is 0 Å². The molecule has 21 heavy (non-hydrogen) atoms. The molecule has 1 amide bonds. The number of nitrogens with zero attached hydrogens (tertiary/aromatic N) is 1. The van der Waals surface area contributed by atoms with Gasteiger partial charge in [0, 0.05) is 6.04 Å². The second-order valence-corrected chi connectivity index (χ2v) is 7.96. The molecule has 1 saturated carbocycles. The normalized spacial score (nSPS) is 23.7. The van der Waals surface area contributed by atoms with Gasteiger partial charge in [-0.3, -0.25) is 0 Å². The van der Waals surface area contributed by atoms with Crippen molar-refractivity contribution in [3.8, 4) is 0 Å². The van der Waals surface area contributed by atoms with Crippen LogP contribution in [0.2, 0.25) is 0 Å². The van der Waals surface area contributed by atoms with Gasteiger partial charge in [0.15, 0.2) is 9.84 Å². The number of hydrogen-bond donors (Lipinski definition) is 0. The third-order valence-electron chi connectivity index (χ3n) is 3.96. The lowest BCUT2D eigenvalue weighted by Gasteiger charge is -2.27. The average molecular weight is 309 g/mol. The van der Waals surface area contributed by atoms with Gasteiger partial charge in [0.05, 0.1) is 17.5 Å². The molecule has 1 unspecified atom stereocenters. The minimum absolute atomic E-state index is 0.0734. The molecule has 2 aliphatic rings. The van der Waals surface area contributed by atoms with Gasteiger partial charge in [-0.05, 0) is 24.8 Å². The van der Waals surface area contributed by atoms with Gasteiger partial charge in [0.25, 0.3) is 0 Å². The Balaban J connectivity index is 1.63. The number of ether oxygens (including phenoxy) is 1. The highest BCUT2D eigenvalue weighted by molar-refractivity contribution is 7.91. The first-order valence-electron chi connectivity index (χ1n) is 7.24. The van der Waals surface area contributed by atoms with E-state index < -0.39 is 9.84 Å². The van der Waals surface area contributed by atoms with E-state index in [0.717, 1.165) is 18.4 Å². The van der Waals surface area contributed by atoms with Crippen LogP contribution in [0, 0.1) is 0 Å². The molecule has 1 aliphatic heterocycles. The number of rotatable bonds is 4. The Morgan fingerprint density at radius 3 is 2.43 bits per heavy atom. The fourth-order valence-electron chi connectivity index (χ4n) is 2.74. The molecular weight excluding hydrogens is 290 g/mol. The van der Waals surface area contributed by atoms with Crippen molar-refractivity contribution in [2.24, 2.45) is 0 Å². The molecule has 1 atom stereocenters. The second kappa shape index (κ2) is 5.67. The molecule has 1 aliphatic carbocycles. The van der Waals surface area contributed by atoms with Crippen LogP contribution in [0.5, 0.6) is 0 Å². The second-order valence-electron chi connectivity index (χ2n) is 5.74. The van der Waals surface area contributed by atoms with Gasteiger partial charge in [-0.2, -0.15) is 0 Å². The molecule has 0 N–H and O–H groups in total. The molecular formula is C15H19NO4S. The first kappa shape index (κ1) is 14.4. The lowest BCUT2D eigenvalue weighted by molar-refractivity contribution is 0.0809. The average Bonchev–Trinajstić information content (AvgIpc) is 3.22. The molecule has 0 bridgehead atoms. The van der Waals surface area contributed by atoms with Crippen LogP contribution >= 0.6 is 0 Å². The van der Waals surface area contributed by atoms with Crippen LogP contribution in [0.4, 0.5) is 4.79 Å². The lowest BCUT2D eigenvalue weighted by atomic mass is 10.2. The molecule has 6 heteroatoms. The van der Waals surface area contributed by atoms with Gasteiger partial charge < -0.3 is 9.64 Å². The SMILES string of the molecule is O=C(OCc1ccccc1)N(C1CC1)C1CCS(=O)(=O)C1. The van der Waals surface area contributed by atoms with Gasteiger partial charge in [0.2, 0.25) is 0 Å². The number of sulfone groups is 1. The van der Waals surface area contributed by atoms with Gasteiger partial charge in [-0.1, -0.05) is 30.3 Å². The fourth-order valence-corrected chi connectivity index (χ4v) is 4.45. The van der Waals surface area contributed by atoms with E-state index >= 15 is 0 Å². The van der Waals surface area contributed by atoms with Gasteiger partial charge in [0.1, 0.15) is 6.61 Å². The van der Waals surface area contributed by atoms with Crippen LogP contribution < -0.4 is 0 Å². The first-order chi connectivity index (χ1) is 10.1. The van der Waals surface area contributed by atoms with Crippen molar-refractivity contribution >= 4 is 15.9 Å². The van der Waals surface area contributed by atoms with E-state index in [1.54, 1.807) is 4.90 Å². The van der Waals surface area contributed by atoms with Crippen molar-refractivity contribution in [3.05, 3.63) is 35.9 Å². The third-order valence-corrected chi connectivity index (χ3v) is 5.71. The maximum absolute atomic E-state index is 12.3. The zero-order valence-corrected chi connectivity index (χ0v) is 12.6. The number of benzene rings is 1. The minimum Gasteiger partial charge on any atom is -0.445 e. The Hall–Kier alpha value is -1.56. The Morgan fingerprint density at radius 2 is 1.86 bits per heavy atom. The molecule has 1 aromatic carbocycles. The molecule has 1 saturated heterocycles. The van der Waals surface area contributed by atoms with Crippen LogP contribution in [0.1, 0.15) is 24.8 Å². The van der Waals surface area contributed by atoms with E-state index in [1.165, 1.54) is 0 Å². The largest absolute Gasteiger partial charge is 0.445 e. The van der Waals surface area contributed by atoms with Crippen LogP contribution in [0.25, 0.3) is 0 Å². The van der Waals surface area contributed by atoms with E-state index in [-0.39, 0.29) is 36.3 Å². The van der Waals surface area contributed by atoms with E-state index in [4.69, 9.17) is 4.74 Å². The van der Waals surface area contributed by atoms with Crippen molar-refractivity contribution < 1.29 is 17.9 Å². The highest BCUT2D eigenvalue weighted by Crippen LogP contribution is 2.32. The molecule has 3 rings (SSSR count). The van der Waals surface area contributed by atoms with Gasteiger partial charge >= 0.3 is 6.09 Å². The summed E-state index contributed by atoms with van der Waals surface area (Å²) in [7, 11) is -3.00. The van der Waals surface area contributed by atoms with Gasteiger partial charge in [-0.15, -0.1) is 0 Å². The van der Waals surface area contributed by atoms with Crippen LogP contribution in [-0.4, -0.2) is 43.0 Å². The summed E-state index contributed by atoms with van der Waals surface area (Å²) in [6.07, 6.45) is 2.02. The molecule has 0 spiro atoms. The van der Waals surface area contributed by atoms with Crippen molar-refractivity contribution in [1.29, 1.82) is 0 Å². The summed E-state index contributed by atoms with van der Waals surface area (Å²) in [4.78, 5) is 14.0. The Labute approximate surface area is 124 Å². The van der Waals surface area contributed by atoms with E-state index in [9.17, 15) is 13.2 Å². The monoisotopic (exact) mass is 309 g/mol. The predicted octanol–water partition coefficient (Wildman–Crippen LogP) is 1.97. The summed E-state index contributed by atoms with van der Waals surface area (Å²) in [5.74, 6) is 0.247. The highest BCUT2D eigenvalue weighted by Gasteiger charge is 2.42. The molecule has 5 nitrogen and oxygen atoms in total. The maximum atomic E-state index is 12.3. The summed E-state index contributed by atoms with van der Waals surface area (Å²) in [5.41, 5.74) is 0.931. The number of carbonyl (C=O) groups is 1. The lowest BCUT2D eigenvalue weighted by Crippen LogP contribution is -2.43. The standard InChI is InChI=1S/C15H19NO4S/c17-15(20-10-12-4-2-1-3-5-12)16(13-6-7-13)14-8-9-21(18,19)11-14/h1-5,13-14H,6-11H2.